The highest BCUT2D eigenvalue weighted by Crippen LogP contribution is 2.27. The molecule has 1 heterocycles. The van der Waals surface area contributed by atoms with Crippen molar-refractivity contribution < 1.29 is 0 Å². The first kappa shape index (κ1) is 12.6. The van der Waals surface area contributed by atoms with Crippen LogP contribution < -0.4 is 5.73 Å². The summed E-state index contributed by atoms with van der Waals surface area (Å²) in [5, 5.41) is 0. The topological polar surface area (TPSA) is 43.8 Å². The van der Waals surface area contributed by atoms with Crippen LogP contribution in [0.1, 0.15) is 57.2 Å². The van der Waals surface area contributed by atoms with Gasteiger partial charge in [-0.15, -0.1) is 0 Å². The average molecular weight is 235 g/mol. The first-order valence-electron chi connectivity index (χ1n) is 6.95. The molecule has 1 aromatic rings. The zero-order valence-corrected chi connectivity index (χ0v) is 11.0. The second kappa shape index (κ2) is 5.67. The van der Waals surface area contributed by atoms with Gasteiger partial charge in [0.25, 0.3) is 0 Å². The van der Waals surface area contributed by atoms with Gasteiger partial charge in [-0.3, -0.25) is 0 Å². The smallest absolute Gasteiger partial charge is 0.108 e. The van der Waals surface area contributed by atoms with E-state index in [-0.39, 0.29) is 5.54 Å². The Morgan fingerprint density at radius 3 is 2.47 bits per heavy atom. The summed E-state index contributed by atoms with van der Waals surface area (Å²) >= 11 is 0. The first-order chi connectivity index (χ1) is 8.20. The zero-order chi connectivity index (χ0) is 12.1. The van der Waals surface area contributed by atoms with Crippen molar-refractivity contribution in [3.05, 3.63) is 18.2 Å². The lowest BCUT2D eigenvalue weighted by molar-refractivity contribution is 0.295. The van der Waals surface area contributed by atoms with Crippen LogP contribution in [-0.2, 0) is 13.5 Å². The normalized spacial score (nSPS) is 20.8. The summed E-state index contributed by atoms with van der Waals surface area (Å²) in [6.45, 7) is 0. The van der Waals surface area contributed by atoms with Crippen LogP contribution in [0.3, 0.4) is 0 Å². The molecular formula is C14H25N3. The lowest BCUT2D eigenvalue weighted by Crippen LogP contribution is -2.41. The minimum Gasteiger partial charge on any atom is -0.338 e. The van der Waals surface area contributed by atoms with Gasteiger partial charge in [-0.25, -0.2) is 4.98 Å². The molecule has 1 saturated carbocycles. The molecule has 0 unspecified atom stereocenters. The van der Waals surface area contributed by atoms with Crippen molar-refractivity contribution in [3.8, 4) is 0 Å². The Kier molecular flexibility index (Phi) is 4.21. The molecule has 1 aliphatic rings. The summed E-state index contributed by atoms with van der Waals surface area (Å²) < 4.78 is 2.10. The summed E-state index contributed by atoms with van der Waals surface area (Å²) in [5.41, 5.74) is 6.62. The zero-order valence-electron chi connectivity index (χ0n) is 11.0. The SMILES string of the molecule is Cn1ccnc1CCC1(N)CCCCCCC1. The maximum atomic E-state index is 6.56. The number of hydrogen-bond donors (Lipinski definition) is 1. The molecule has 1 aliphatic carbocycles. The van der Waals surface area contributed by atoms with Crippen molar-refractivity contribution in [3.63, 3.8) is 0 Å². The Balaban J connectivity index is 1.89. The second-order valence-corrected chi connectivity index (χ2v) is 5.58. The van der Waals surface area contributed by atoms with Crippen LogP contribution in [0.2, 0.25) is 0 Å². The molecule has 2 N–H and O–H groups in total. The van der Waals surface area contributed by atoms with Gasteiger partial charge < -0.3 is 10.3 Å². The molecule has 17 heavy (non-hydrogen) atoms. The van der Waals surface area contributed by atoms with Crippen molar-refractivity contribution in [1.29, 1.82) is 0 Å². The Hall–Kier alpha value is -0.830. The molecule has 0 atom stereocenters. The third-order valence-electron chi connectivity index (χ3n) is 4.12. The van der Waals surface area contributed by atoms with Crippen LogP contribution in [0.5, 0.6) is 0 Å². The van der Waals surface area contributed by atoms with E-state index in [0.29, 0.717) is 0 Å². The Labute approximate surface area is 104 Å². The summed E-state index contributed by atoms with van der Waals surface area (Å²) in [4.78, 5) is 4.38. The van der Waals surface area contributed by atoms with Crippen molar-refractivity contribution in [2.24, 2.45) is 12.8 Å². The molecule has 0 bridgehead atoms. The lowest BCUT2D eigenvalue weighted by atomic mass is 9.81. The molecule has 0 aliphatic heterocycles. The van der Waals surface area contributed by atoms with Crippen LogP contribution in [0.4, 0.5) is 0 Å². The van der Waals surface area contributed by atoms with Crippen molar-refractivity contribution >= 4 is 0 Å². The van der Waals surface area contributed by atoms with Gasteiger partial charge in [0.1, 0.15) is 5.82 Å². The van der Waals surface area contributed by atoms with Crippen LogP contribution in [-0.4, -0.2) is 15.1 Å². The quantitative estimate of drug-likeness (QED) is 0.875. The van der Waals surface area contributed by atoms with Gasteiger partial charge in [-0.2, -0.15) is 0 Å². The highest BCUT2D eigenvalue weighted by molar-refractivity contribution is 4.95. The number of nitrogens with two attached hydrogens (primary N) is 1. The van der Waals surface area contributed by atoms with Gasteiger partial charge in [0.2, 0.25) is 0 Å². The molecule has 3 heteroatoms. The van der Waals surface area contributed by atoms with Gasteiger partial charge in [0.15, 0.2) is 0 Å². The van der Waals surface area contributed by atoms with Crippen LogP contribution in [0, 0.1) is 0 Å². The van der Waals surface area contributed by atoms with Gasteiger partial charge in [0, 0.05) is 31.4 Å². The van der Waals surface area contributed by atoms with E-state index >= 15 is 0 Å². The summed E-state index contributed by atoms with van der Waals surface area (Å²) in [7, 11) is 2.06. The number of rotatable bonds is 3. The van der Waals surface area contributed by atoms with E-state index in [0.717, 1.165) is 18.7 Å². The van der Waals surface area contributed by atoms with Gasteiger partial charge in [0.05, 0.1) is 0 Å². The predicted octanol–water partition coefficient (Wildman–Crippen LogP) is 2.79. The maximum Gasteiger partial charge on any atom is 0.108 e. The minimum atomic E-state index is 0.0619. The number of hydrogen-bond acceptors (Lipinski definition) is 2. The molecule has 0 aromatic carbocycles. The number of aromatic nitrogens is 2. The van der Waals surface area contributed by atoms with E-state index in [4.69, 9.17) is 5.73 Å². The molecule has 0 radical (unpaired) electrons. The second-order valence-electron chi connectivity index (χ2n) is 5.58. The summed E-state index contributed by atoms with van der Waals surface area (Å²) in [6, 6.07) is 0. The van der Waals surface area contributed by atoms with E-state index in [1.165, 1.54) is 44.9 Å². The van der Waals surface area contributed by atoms with Crippen LogP contribution >= 0.6 is 0 Å². The fourth-order valence-corrected chi connectivity index (χ4v) is 2.86. The van der Waals surface area contributed by atoms with Crippen molar-refractivity contribution in [1.82, 2.24) is 9.55 Å². The molecule has 0 amide bonds. The molecule has 0 spiro atoms. The molecular weight excluding hydrogens is 210 g/mol. The van der Waals surface area contributed by atoms with Gasteiger partial charge >= 0.3 is 0 Å². The highest BCUT2D eigenvalue weighted by Gasteiger charge is 2.25. The Morgan fingerprint density at radius 1 is 1.24 bits per heavy atom. The van der Waals surface area contributed by atoms with E-state index in [2.05, 4.69) is 16.6 Å². The van der Waals surface area contributed by atoms with E-state index in [9.17, 15) is 0 Å². The summed E-state index contributed by atoms with van der Waals surface area (Å²) in [5.74, 6) is 1.16. The standard InChI is InChI=1S/C14H25N3/c1-17-12-11-16-13(17)7-10-14(15)8-5-3-2-4-6-9-14/h11-12H,2-10,15H2,1H3. The number of aryl methyl sites for hydroxylation is 2. The Bertz CT molecular complexity index is 335. The van der Waals surface area contributed by atoms with E-state index < -0.39 is 0 Å². The third-order valence-corrected chi connectivity index (χ3v) is 4.12. The fourth-order valence-electron chi connectivity index (χ4n) is 2.86. The highest BCUT2D eigenvalue weighted by atomic mass is 15.0. The first-order valence-corrected chi connectivity index (χ1v) is 6.95. The van der Waals surface area contributed by atoms with E-state index in [1.807, 2.05) is 12.4 Å². The van der Waals surface area contributed by atoms with Gasteiger partial charge in [-0.05, 0) is 19.3 Å². The molecule has 3 nitrogen and oxygen atoms in total. The fraction of sp³-hybridized carbons (Fsp3) is 0.786. The number of imidazole rings is 1. The van der Waals surface area contributed by atoms with Crippen LogP contribution in [0.25, 0.3) is 0 Å². The van der Waals surface area contributed by atoms with Crippen molar-refractivity contribution in [2.45, 2.75) is 63.3 Å². The maximum absolute atomic E-state index is 6.56. The third kappa shape index (κ3) is 3.56. The Morgan fingerprint density at radius 2 is 1.88 bits per heavy atom. The molecule has 96 valence electrons. The molecule has 0 saturated heterocycles. The average Bonchev–Trinajstić information content (AvgIpc) is 2.68. The van der Waals surface area contributed by atoms with Crippen LogP contribution in [0.15, 0.2) is 12.4 Å². The minimum absolute atomic E-state index is 0.0619. The number of nitrogens with zero attached hydrogens (tertiary/aromatic N) is 2. The molecule has 2 rings (SSSR count). The summed E-state index contributed by atoms with van der Waals surface area (Å²) in [6.07, 6.45) is 15.1. The van der Waals surface area contributed by atoms with Crippen molar-refractivity contribution in [2.75, 3.05) is 0 Å². The molecule has 1 aromatic heterocycles. The van der Waals surface area contributed by atoms with E-state index in [1.54, 1.807) is 0 Å². The predicted molar refractivity (Wildman–Crippen MR) is 70.8 cm³/mol. The lowest BCUT2D eigenvalue weighted by Gasteiger charge is -2.31. The monoisotopic (exact) mass is 235 g/mol. The molecule has 1 fully saturated rings. The largest absolute Gasteiger partial charge is 0.338 e. The van der Waals surface area contributed by atoms with Gasteiger partial charge in [-0.1, -0.05) is 32.1 Å².